The second-order valence-electron chi connectivity index (χ2n) is 6.38. The molecule has 0 saturated heterocycles. The van der Waals surface area contributed by atoms with Gasteiger partial charge in [-0.15, -0.1) is 11.3 Å². The third-order valence-corrected chi connectivity index (χ3v) is 6.78. The maximum atomic E-state index is 12.7. The molecule has 0 unspecified atom stereocenters. The topological polar surface area (TPSA) is 79.4 Å². The number of hydrogen-bond donors (Lipinski definition) is 1. The highest BCUT2D eigenvalue weighted by molar-refractivity contribution is 7.93. The number of likely N-dealkylation sites (N-methyl/N-ethyl adjacent to an activating group) is 1. The van der Waals surface area contributed by atoms with E-state index in [9.17, 15) is 13.2 Å². The van der Waals surface area contributed by atoms with Gasteiger partial charge in [0.25, 0.3) is 10.0 Å². The fourth-order valence-corrected chi connectivity index (χ4v) is 4.87. The van der Waals surface area contributed by atoms with E-state index in [4.69, 9.17) is 0 Å². The Morgan fingerprint density at radius 3 is 2.24 bits per heavy atom. The first kappa shape index (κ1) is 21.0. The van der Waals surface area contributed by atoms with Gasteiger partial charge in [0.2, 0.25) is 5.91 Å². The van der Waals surface area contributed by atoms with Gasteiger partial charge in [-0.3, -0.25) is 9.52 Å². The van der Waals surface area contributed by atoms with Crippen LogP contribution in [0.5, 0.6) is 0 Å². The molecule has 0 radical (unpaired) electrons. The number of anilines is 1. The third-order valence-electron chi connectivity index (χ3n) is 4.49. The van der Waals surface area contributed by atoms with Crippen molar-refractivity contribution < 1.29 is 13.2 Å². The van der Waals surface area contributed by atoms with E-state index < -0.39 is 10.0 Å². The van der Waals surface area contributed by atoms with E-state index in [2.05, 4.69) is 9.71 Å². The standard InChI is InChI=1S/C21H23N3O3S2/c1-3-24(4-2)20(25)14-18-15-28-21(22-18)23-29(26,27)19-12-10-17(11-13-19)16-8-6-5-7-9-16/h5-13,15H,3-4,14H2,1-2H3,(H,22,23). The smallest absolute Gasteiger partial charge is 0.263 e. The van der Waals surface area contributed by atoms with Gasteiger partial charge in [0.15, 0.2) is 5.13 Å². The van der Waals surface area contributed by atoms with Crippen molar-refractivity contribution >= 4 is 32.4 Å². The van der Waals surface area contributed by atoms with Crippen LogP contribution < -0.4 is 4.72 Å². The molecule has 0 aliphatic carbocycles. The summed E-state index contributed by atoms with van der Waals surface area (Å²) in [5, 5.41) is 1.96. The lowest BCUT2D eigenvalue weighted by Gasteiger charge is -2.17. The van der Waals surface area contributed by atoms with Gasteiger partial charge in [-0.1, -0.05) is 42.5 Å². The number of nitrogens with one attached hydrogen (secondary N) is 1. The molecule has 6 nitrogen and oxygen atoms in total. The van der Waals surface area contributed by atoms with E-state index in [1.807, 2.05) is 44.2 Å². The first-order valence-electron chi connectivity index (χ1n) is 9.33. The number of rotatable bonds is 8. The summed E-state index contributed by atoms with van der Waals surface area (Å²) in [6, 6.07) is 16.5. The van der Waals surface area contributed by atoms with E-state index in [1.165, 1.54) is 11.3 Å². The molecule has 0 spiro atoms. The molecule has 29 heavy (non-hydrogen) atoms. The van der Waals surface area contributed by atoms with Gasteiger partial charge in [0, 0.05) is 18.5 Å². The van der Waals surface area contributed by atoms with Crippen LogP contribution in [0.15, 0.2) is 64.9 Å². The van der Waals surface area contributed by atoms with Crippen LogP contribution in [-0.2, 0) is 21.2 Å². The minimum atomic E-state index is -3.75. The minimum absolute atomic E-state index is 0.0220. The molecular formula is C21H23N3O3S2. The summed E-state index contributed by atoms with van der Waals surface area (Å²) < 4.78 is 27.8. The normalized spacial score (nSPS) is 11.2. The number of hydrogen-bond acceptors (Lipinski definition) is 5. The molecule has 1 heterocycles. The lowest BCUT2D eigenvalue weighted by molar-refractivity contribution is -0.130. The Hall–Kier alpha value is -2.71. The van der Waals surface area contributed by atoms with Crippen LogP contribution in [0, 0.1) is 0 Å². The average molecular weight is 430 g/mol. The monoisotopic (exact) mass is 429 g/mol. The van der Waals surface area contributed by atoms with Crippen molar-refractivity contribution in [2.45, 2.75) is 25.2 Å². The number of nitrogens with zero attached hydrogens (tertiary/aromatic N) is 2. The molecule has 152 valence electrons. The SMILES string of the molecule is CCN(CC)C(=O)Cc1csc(NS(=O)(=O)c2ccc(-c3ccccc3)cc2)n1. The molecule has 0 atom stereocenters. The van der Waals surface area contributed by atoms with Crippen molar-refractivity contribution in [1.29, 1.82) is 0 Å². The predicted molar refractivity (Wildman–Crippen MR) is 116 cm³/mol. The molecule has 3 rings (SSSR count). The molecule has 8 heteroatoms. The fraction of sp³-hybridized carbons (Fsp3) is 0.238. The zero-order valence-corrected chi connectivity index (χ0v) is 18.0. The largest absolute Gasteiger partial charge is 0.343 e. The second-order valence-corrected chi connectivity index (χ2v) is 8.92. The second kappa shape index (κ2) is 9.19. The summed E-state index contributed by atoms with van der Waals surface area (Å²) in [5.74, 6) is -0.0220. The summed E-state index contributed by atoms with van der Waals surface area (Å²) in [6.45, 7) is 5.12. The van der Waals surface area contributed by atoms with Gasteiger partial charge in [0.05, 0.1) is 17.0 Å². The highest BCUT2D eigenvalue weighted by atomic mass is 32.2. The molecule has 1 amide bonds. The van der Waals surface area contributed by atoms with Crippen LogP contribution in [0.25, 0.3) is 11.1 Å². The van der Waals surface area contributed by atoms with Gasteiger partial charge >= 0.3 is 0 Å². The summed E-state index contributed by atoms with van der Waals surface area (Å²) in [4.78, 5) is 18.3. The van der Waals surface area contributed by atoms with Gasteiger partial charge < -0.3 is 4.90 Å². The van der Waals surface area contributed by atoms with E-state index in [1.54, 1.807) is 34.5 Å². The van der Waals surface area contributed by atoms with Crippen LogP contribution in [0.3, 0.4) is 0 Å². The van der Waals surface area contributed by atoms with Gasteiger partial charge in [-0.25, -0.2) is 13.4 Å². The van der Waals surface area contributed by atoms with Crippen molar-refractivity contribution in [2.75, 3.05) is 17.8 Å². The number of benzene rings is 2. The minimum Gasteiger partial charge on any atom is -0.343 e. The number of carbonyl (C=O) groups is 1. The van der Waals surface area contributed by atoms with Crippen molar-refractivity contribution in [3.63, 3.8) is 0 Å². The molecular weight excluding hydrogens is 406 g/mol. The summed E-state index contributed by atoms with van der Waals surface area (Å²) in [5.41, 5.74) is 2.52. The molecule has 0 aliphatic rings. The fourth-order valence-electron chi connectivity index (χ4n) is 2.91. The summed E-state index contributed by atoms with van der Waals surface area (Å²) >= 11 is 1.17. The first-order chi connectivity index (χ1) is 13.9. The van der Waals surface area contributed by atoms with Crippen molar-refractivity contribution in [3.05, 3.63) is 65.7 Å². The predicted octanol–water partition coefficient (Wildman–Crippen LogP) is 4.02. The third kappa shape index (κ3) is 5.21. The molecule has 3 aromatic rings. The van der Waals surface area contributed by atoms with E-state index in [0.29, 0.717) is 18.8 Å². The van der Waals surface area contributed by atoms with Crippen LogP contribution >= 0.6 is 11.3 Å². The Bertz CT molecular complexity index is 1060. The molecule has 2 aromatic carbocycles. The van der Waals surface area contributed by atoms with Gasteiger partial charge in [-0.2, -0.15) is 0 Å². The zero-order chi connectivity index (χ0) is 20.9. The van der Waals surface area contributed by atoms with Crippen LogP contribution in [0.4, 0.5) is 5.13 Å². The van der Waals surface area contributed by atoms with Crippen LogP contribution in [0.2, 0.25) is 0 Å². The van der Waals surface area contributed by atoms with E-state index in [0.717, 1.165) is 11.1 Å². The zero-order valence-electron chi connectivity index (χ0n) is 16.3. The van der Waals surface area contributed by atoms with E-state index in [-0.39, 0.29) is 22.4 Å². The Labute approximate surface area is 175 Å². The van der Waals surface area contributed by atoms with Crippen LogP contribution in [-0.4, -0.2) is 37.3 Å². The van der Waals surface area contributed by atoms with Gasteiger partial charge in [0.1, 0.15) is 0 Å². The number of thiazole rings is 1. The molecule has 0 aliphatic heterocycles. The maximum Gasteiger partial charge on any atom is 0.263 e. The number of sulfonamides is 1. The Balaban J connectivity index is 1.70. The summed E-state index contributed by atoms with van der Waals surface area (Å²) in [7, 11) is -3.75. The lowest BCUT2D eigenvalue weighted by Crippen LogP contribution is -2.31. The van der Waals surface area contributed by atoms with E-state index >= 15 is 0 Å². The molecule has 1 aromatic heterocycles. The molecule has 0 saturated carbocycles. The first-order valence-corrected chi connectivity index (χ1v) is 11.7. The summed E-state index contributed by atoms with van der Waals surface area (Å²) in [6.07, 6.45) is 0.158. The quantitative estimate of drug-likeness (QED) is 0.586. The van der Waals surface area contributed by atoms with Crippen molar-refractivity contribution in [1.82, 2.24) is 9.88 Å². The molecule has 0 fully saturated rings. The van der Waals surface area contributed by atoms with Crippen molar-refractivity contribution in [2.24, 2.45) is 0 Å². The lowest BCUT2D eigenvalue weighted by atomic mass is 10.1. The average Bonchev–Trinajstić information content (AvgIpc) is 3.15. The number of carbonyl (C=O) groups excluding carboxylic acids is 1. The molecule has 0 bridgehead atoms. The van der Waals surface area contributed by atoms with Crippen LogP contribution in [0.1, 0.15) is 19.5 Å². The Morgan fingerprint density at radius 1 is 1.00 bits per heavy atom. The van der Waals surface area contributed by atoms with Crippen molar-refractivity contribution in [3.8, 4) is 11.1 Å². The maximum absolute atomic E-state index is 12.7. The Morgan fingerprint density at radius 2 is 1.62 bits per heavy atom. The number of aromatic nitrogens is 1. The Kier molecular flexibility index (Phi) is 6.66. The molecule has 1 N–H and O–H groups in total. The van der Waals surface area contributed by atoms with Gasteiger partial charge in [-0.05, 0) is 37.1 Å². The highest BCUT2D eigenvalue weighted by Crippen LogP contribution is 2.24. The number of amides is 1. The highest BCUT2D eigenvalue weighted by Gasteiger charge is 2.18.